The standard InChI is InChI=1S/C17H26N2O/c1-13(15-7-3-4-8-17(15)20)19-11-9-16-14(12-19)6-5-10-18(16)2/h3-4,7-8,13-14,16,20H,5-6,9-12H2,1-2H3. The Hall–Kier alpha value is -1.06. The van der Waals surface area contributed by atoms with Gasteiger partial charge in [-0.3, -0.25) is 4.90 Å². The Labute approximate surface area is 122 Å². The van der Waals surface area contributed by atoms with Crippen molar-refractivity contribution in [2.24, 2.45) is 5.92 Å². The number of hydrogen-bond acceptors (Lipinski definition) is 3. The minimum absolute atomic E-state index is 0.310. The highest BCUT2D eigenvalue weighted by atomic mass is 16.3. The molecule has 3 unspecified atom stereocenters. The summed E-state index contributed by atoms with van der Waals surface area (Å²) >= 11 is 0. The minimum Gasteiger partial charge on any atom is -0.508 e. The molecule has 0 radical (unpaired) electrons. The lowest BCUT2D eigenvalue weighted by atomic mass is 9.83. The van der Waals surface area contributed by atoms with Crippen LogP contribution in [0.1, 0.15) is 37.8 Å². The summed E-state index contributed by atoms with van der Waals surface area (Å²) in [4.78, 5) is 5.10. The quantitative estimate of drug-likeness (QED) is 0.898. The number of nitrogens with zero attached hydrogens (tertiary/aromatic N) is 2. The highest BCUT2D eigenvalue weighted by Gasteiger charge is 2.35. The highest BCUT2D eigenvalue weighted by molar-refractivity contribution is 5.34. The molecule has 20 heavy (non-hydrogen) atoms. The molecule has 3 atom stereocenters. The molecule has 3 rings (SSSR count). The summed E-state index contributed by atoms with van der Waals surface area (Å²) < 4.78 is 0. The molecule has 2 fully saturated rings. The van der Waals surface area contributed by atoms with Gasteiger partial charge in [-0.2, -0.15) is 0 Å². The van der Waals surface area contributed by atoms with E-state index in [1.807, 2.05) is 12.1 Å². The van der Waals surface area contributed by atoms with Crippen LogP contribution in [0.2, 0.25) is 0 Å². The largest absolute Gasteiger partial charge is 0.508 e. The third-order valence-electron chi connectivity index (χ3n) is 5.31. The average Bonchev–Trinajstić information content (AvgIpc) is 2.47. The first-order valence-corrected chi connectivity index (χ1v) is 7.89. The molecule has 1 aromatic rings. The third kappa shape index (κ3) is 2.57. The van der Waals surface area contributed by atoms with Gasteiger partial charge in [0.15, 0.2) is 0 Å². The monoisotopic (exact) mass is 274 g/mol. The Morgan fingerprint density at radius 3 is 2.80 bits per heavy atom. The average molecular weight is 274 g/mol. The molecule has 110 valence electrons. The van der Waals surface area contributed by atoms with Gasteiger partial charge in [-0.1, -0.05) is 18.2 Å². The maximum absolute atomic E-state index is 10.1. The normalized spacial score (nSPS) is 29.9. The van der Waals surface area contributed by atoms with Crippen molar-refractivity contribution < 1.29 is 5.11 Å². The third-order valence-corrected chi connectivity index (χ3v) is 5.31. The van der Waals surface area contributed by atoms with E-state index in [1.165, 1.54) is 32.4 Å². The van der Waals surface area contributed by atoms with Crippen molar-refractivity contribution in [1.82, 2.24) is 9.80 Å². The van der Waals surface area contributed by atoms with E-state index in [2.05, 4.69) is 29.8 Å². The second kappa shape index (κ2) is 5.74. The molecule has 0 aromatic heterocycles. The summed E-state index contributed by atoms with van der Waals surface area (Å²) in [7, 11) is 2.28. The summed E-state index contributed by atoms with van der Waals surface area (Å²) in [5.41, 5.74) is 1.06. The first kappa shape index (κ1) is 13.9. The Balaban J connectivity index is 1.71. The van der Waals surface area contributed by atoms with E-state index in [0.717, 1.165) is 24.1 Å². The van der Waals surface area contributed by atoms with Gasteiger partial charge in [0.2, 0.25) is 0 Å². The van der Waals surface area contributed by atoms with E-state index in [-0.39, 0.29) is 0 Å². The van der Waals surface area contributed by atoms with Crippen molar-refractivity contribution in [1.29, 1.82) is 0 Å². The van der Waals surface area contributed by atoms with Crippen molar-refractivity contribution in [3.05, 3.63) is 29.8 Å². The van der Waals surface area contributed by atoms with Crippen molar-refractivity contribution >= 4 is 0 Å². The molecule has 3 nitrogen and oxygen atoms in total. The van der Waals surface area contributed by atoms with Gasteiger partial charge in [0, 0.05) is 30.7 Å². The van der Waals surface area contributed by atoms with Gasteiger partial charge in [0.1, 0.15) is 5.75 Å². The summed E-state index contributed by atoms with van der Waals surface area (Å²) in [6, 6.07) is 8.85. The van der Waals surface area contributed by atoms with Crippen LogP contribution in [0, 0.1) is 5.92 Å². The Kier molecular flexibility index (Phi) is 3.99. The van der Waals surface area contributed by atoms with Crippen LogP contribution in [0.4, 0.5) is 0 Å². The molecule has 2 saturated heterocycles. The van der Waals surface area contributed by atoms with Crippen molar-refractivity contribution in [3.8, 4) is 5.75 Å². The van der Waals surface area contributed by atoms with Gasteiger partial charge in [0.05, 0.1) is 0 Å². The van der Waals surface area contributed by atoms with Crippen LogP contribution in [-0.4, -0.2) is 47.6 Å². The zero-order chi connectivity index (χ0) is 14.1. The molecule has 2 aliphatic rings. The molecule has 3 heteroatoms. The van der Waals surface area contributed by atoms with Crippen LogP contribution >= 0.6 is 0 Å². The molecule has 0 aliphatic carbocycles. The molecule has 1 aromatic carbocycles. The fraction of sp³-hybridized carbons (Fsp3) is 0.647. The Morgan fingerprint density at radius 2 is 2.00 bits per heavy atom. The van der Waals surface area contributed by atoms with Gasteiger partial charge in [-0.05, 0) is 51.8 Å². The lowest BCUT2D eigenvalue weighted by molar-refractivity contribution is 0.0225. The van der Waals surface area contributed by atoms with Crippen LogP contribution in [0.3, 0.4) is 0 Å². The zero-order valence-electron chi connectivity index (χ0n) is 12.6. The number of likely N-dealkylation sites (tertiary alicyclic amines) is 2. The zero-order valence-corrected chi connectivity index (χ0v) is 12.6. The number of hydrogen-bond donors (Lipinski definition) is 1. The molecule has 1 N–H and O–H groups in total. The highest BCUT2D eigenvalue weighted by Crippen LogP contribution is 2.35. The van der Waals surface area contributed by atoms with Crippen LogP contribution < -0.4 is 0 Å². The maximum Gasteiger partial charge on any atom is 0.120 e. The number of piperidine rings is 2. The second-order valence-corrected chi connectivity index (χ2v) is 6.47. The molecule has 2 heterocycles. The number of fused-ring (bicyclic) bond motifs is 1. The van der Waals surface area contributed by atoms with Crippen LogP contribution in [0.25, 0.3) is 0 Å². The summed E-state index contributed by atoms with van der Waals surface area (Å²) in [6.07, 6.45) is 3.95. The van der Waals surface area contributed by atoms with E-state index in [0.29, 0.717) is 11.8 Å². The number of benzene rings is 1. The number of phenolic OH excluding ortho intramolecular Hbond substituents is 1. The molecule has 0 saturated carbocycles. The fourth-order valence-electron chi connectivity index (χ4n) is 4.07. The summed E-state index contributed by atoms with van der Waals surface area (Å²) in [5.74, 6) is 1.23. The van der Waals surface area contributed by atoms with E-state index in [9.17, 15) is 5.11 Å². The lowest BCUT2D eigenvalue weighted by Crippen LogP contribution is -2.53. The van der Waals surface area contributed by atoms with E-state index < -0.39 is 0 Å². The van der Waals surface area contributed by atoms with Crippen molar-refractivity contribution in [3.63, 3.8) is 0 Å². The van der Waals surface area contributed by atoms with Crippen molar-refractivity contribution in [2.45, 2.75) is 38.3 Å². The molecular weight excluding hydrogens is 248 g/mol. The van der Waals surface area contributed by atoms with E-state index >= 15 is 0 Å². The molecule has 0 spiro atoms. The molecule has 0 bridgehead atoms. The van der Waals surface area contributed by atoms with Crippen LogP contribution in [0.5, 0.6) is 5.75 Å². The van der Waals surface area contributed by atoms with E-state index in [1.54, 1.807) is 6.07 Å². The molecule has 2 aliphatic heterocycles. The van der Waals surface area contributed by atoms with Crippen LogP contribution in [0.15, 0.2) is 24.3 Å². The van der Waals surface area contributed by atoms with Gasteiger partial charge < -0.3 is 10.0 Å². The van der Waals surface area contributed by atoms with Gasteiger partial charge in [-0.15, -0.1) is 0 Å². The predicted octanol–water partition coefficient (Wildman–Crippen LogP) is 2.87. The first-order chi connectivity index (χ1) is 9.66. The SMILES string of the molecule is CC(c1ccccc1O)N1CCC2C(CCCN2C)C1. The van der Waals surface area contributed by atoms with Gasteiger partial charge >= 0.3 is 0 Å². The summed E-state index contributed by atoms with van der Waals surface area (Å²) in [6.45, 7) is 5.80. The Bertz CT molecular complexity index is 462. The number of phenols is 1. The van der Waals surface area contributed by atoms with Crippen molar-refractivity contribution in [2.75, 3.05) is 26.7 Å². The fourth-order valence-corrected chi connectivity index (χ4v) is 4.07. The molecule has 0 amide bonds. The van der Waals surface area contributed by atoms with Gasteiger partial charge in [-0.25, -0.2) is 0 Å². The lowest BCUT2D eigenvalue weighted by Gasteiger charge is -2.47. The number of rotatable bonds is 2. The molecular formula is C17H26N2O. The van der Waals surface area contributed by atoms with E-state index in [4.69, 9.17) is 0 Å². The number of para-hydroxylation sites is 1. The predicted molar refractivity (Wildman–Crippen MR) is 81.9 cm³/mol. The van der Waals surface area contributed by atoms with Gasteiger partial charge in [0.25, 0.3) is 0 Å². The first-order valence-electron chi connectivity index (χ1n) is 7.89. The number of aromatic hydroxyl groups is 1. The van der Waals surface area contributed by atoms with Crippen LogP contribution in [-0.2, 0) is 0 Å². The Morgan fingerprint density at radius 1 is 1.20 bits per heavy atom. The summed E-state index contributed by atoms with van der Waals surface area (Å²) in [5, 5.41) is 10.1. The smallest absolute Gasteiger partial charge is 0.120 e. The topological polar surface area (TPSA) is 26.7 Å². The second-order valence-electron chi connectivity index (χ2n) is 6.47. The maximum atomic E-state index is 10.1. The minimum atomic E-state index is 0.310.